The van der Waals surface area contributed by atoms with Gasteiger partial charge >= 0.3 is 12.1 Å². The summed E-state index contributed by atoms with van der Waals surface area (Å²) in [6.07, 6.45) is -4.81. The van der Waals surface area contributed by atoms with E-state index in [2.05, 4.69) is 0 Å². The van der Waals surface area contributed by atoms with Gasteiger partial charge in [-0.1, -0.05) is 12.1 Å². The van der Waals surface area contributed by atoms with Crippen molar-refractivity contribution in [2.45, 2.75) is 11.9 Å². The van der Waals surface area contributed by atoms with E-state index in [0.29, 0.717) is 6.54 Å². The number of hydrogen-bond donors (Lipinski definition) is 1. The molecule has 0 radical (unpaired) electrons. The van der Waals surface area contributed by atoms with Gasteiger partial charge in [0.2, 0.25) is 0 Å². The highest BCUT2D eigenvalue weighted by molar-refractivity contribution is 7.98. The van der Waals surface area contributed by atoms with Crippen LogP contribution in [0.5, 0.6) is 5.75 Å². The summed E-state index contributed by atoms with van der Waals surface area (Å²) in [6, 6.07) is 7.82. The average Bonchev–Trinajstić information content (AvgIpc) is 2.51. The number of amides is 1. The second-order valence-corrected chi connectivity index (χ2v) is 6.06. The molecule has 0 spiro atoms. The normalized spacial score (nSPS) is 11.6. The van der Waals surface area contributed by atoms with Crippen LogP contribution >= 0.6 is 11.8 Å². The minimum absolute atomic E-state index is 0.0159. The largest absolute Gasteiger partial charge is 0.497 e. The summed E-state index contributed by atoms with van der Waals surface area (Å²) < 4.78 is 41.1. The Balaban J connectivity index is 2.11. The van der Waals surface area contributed by atoms with Gasteiger partial charge in [0.05, 0.1) is 7.11 Å². The van der Waals surface area contributed by atoms with Gasteiger partial charge < -0.3 is 15.0 Å². The molecule has 0 atom stereocenters. The topological polar surface area (TPSA) is 41.6 Å². The van der Waals surface area contributed by atoms with Crippen molar-refractivity contribution in [2.75, 3.05) is 39.5 Å². The summed E-state index contributed by atoms with van der Waals surface area (Å²) in [7, 11) is 3.43. The zero-order valence-corrected chi connectivity index (χ0v) is 14.0. The number of ether oxygens (including phenoxy) is 1. The van der Waals surface area contributed by atoms with Gasteiger partial charge in [-0.15, -0.1) is 0 Å². The fourth-order valence-electron chi connectivity index (χ4n) is 1.70. The van der Waals surface area contributed by atoms with E-state index < -0.39 is 12.1 Å². The number of nitrogens with zero attached hydrogens (tertiary/aromatic N) is 1. The Morgan fingerprint density at radius 1 is 1.26 bits per heavy atom. The molecule has 0 aliphatic carbocycles. The van der Waals surface area contributed by atoms with Crippen molar-refractivity contribution >= 4 is 17.7 Å². The number of alkyl halides is 3. The van der Waals surface area contributed by atoms with Crippen LogP contribution in [0.15, 0.2) is 24.3 Å². The molecule has 0 bridgehead atoms. The number of carbonyl (C=O) groups excluding carboxylic acids is 1. The van der Waals surface area contributed by atoms with Gasteiger partial charge in [-0.3, -0.25) is 4.79 Å². The molecule has 0 fully saturated rings. The summed E-state index contributed by atoms with van der Waals surface area (Å²) in [6.45, 7) is 1.10. The monoisotopic (exact) mass is 350 g/mol. The van der Waals surface area contributed by atoms with E-state index in [1.165, 1.54) is 5.56 Å². The molecule has 1 N–H and O–H groups in total. The first kappa shape index (κ1) is 19.6. The number of rotatable bonds is 9. The van der Waals surface area contributed by atoms with E-state index in [1.54, 1.807) is 18.9 Å². The predicted molar refractivity (Wildman–Crippen MR) is 85.7 cm³/mol. The minimum Gasteiger partial charge on any atom is -0.497 e. The van der Waals surface area contributed by atoms with E-state index in [9.17, 15) is 18.0 Å². The maximum Gasteiger partial charge on any atom is 0.471 e. The number of carbonyl (C=O) groups is 1. The van der Waals surface area contributed by atoms with Crippen LogP contribution in [0.4, 0.5) is 13.2 Å². The molecule has 130 valence electrons. The number of likely N-dealkylation sites (N-methyl/N-ethyl adjacent to an activating group) is 1. The molecule has 4 nitrogen and oxygen atoms in total. The number of halogens is 3. The maximum atomic E-state index is 12.0. The molecule has 0 unspecified atom stereocenters. The molecule has 0 aliphatic rings. The molecule has 0 saturated carbocycles. The lowest BCUT2D eigenvalue weighted by molar-refractivity contribution is -0.173. The van der Waals surface area contributed by atoms with E-state index in [-0.39, 0.29) is 6.54 Å². The summed E-state index contributed by atoms with van der Waals surface area (Å²) in [5.74, 6) is 0.650. The zero-order valence-electron chi connectivity index (χ0n) is 13.2. The third-order valence-electron chi connectivity index (χ3n) is 3.08. The first-order chi connectivity index (χ1) is 10.8. The molecule has 0 aromatic heterocycles. The molecule has 1 aromatic rings. The van der Waals surface area contributed by atoms with Crippen molar-refractivity contribution in [1.82, 2.24) is 10.2 Å². The Morgan fingerprint density at radius 2 is 1.91 bits per heavy atom. The number of thioether (sulfide) groups is 1. The second kappa shape index (κ2) is 9.67. The molecule has 1 rings (SSSR count). The van der Waals surface area contributed by atoms with Crippen LogP contribution in [0.2, 0.25) is 0 Å². The Labute approximate surface area is 138 Å². The van der Waals surface area contributed by atoms with Crippen molar-refractivity contribution in [1.29, 1.82) is 0 Å². The number of hydrogen-bond acceptors (Lipinski definition) is 4. The smallest absolute Gasteiger partial charge is 0.471 e. The van der Waals surface area contributed by atoms with Crippen molar-refractivity contribution in [3.8, 4) is 5.75 Å². The molecule has 8 heteroatoms. The van der Waals surface area contributed by atoms with Crippen LogP contribution in [-0.4, -0.2) is 56.5 Å². The summed E-state index contributed by atoms with van der Waals surface area (Å²) in [5.41, 5.74) is 1.19. The molecule has 23 heavy (non-hydrogen) atoms. The lowest BCUT2D eigenvalue weighted by Gasteiger charge is -2.17. The second-order valence-electron chi connectivity index (χ2n) is 4.96. The SMILES string of the molecule is COc1ccc(CSCCN(C)CCNC(=O)C(F)(F)F)cc1. The Hall–Kier alpha value is -1.41. The fraction of sp³-hybridized carbons (Fsp3) is 0.533. The predicted octanol–water partition coefficient (Wildman–Crippen LogP) is 2.54. The van der Waals surface area contributed by atoms with E-state index in [0.717, 1.165) is 23.8 Å². The van der Waals surface area contributed by atoms with Crippen LogP contribution in [0.3, 0.4) is 0 Å². The van der Waals surface area contributed by atoms with Gasteiger partial charge in [-0.05, 0) is 24.7 Å². The van der Waals surface area contributed by atoms with Crippen molar-refractivity contribution in [2.24, 2.45) is 0 Å². The lowest BCUT2D eigenvalue weighted by Crippen LogP contribution is -2.40. The number of nitrogens with one attached hydrogen (secondary N) is 1. The molecular formula is C15H21F3N2O2S. The maximum absolute atomic E-state index is 12.0. The van der Waals surface area contributed by atoms with Crippen molar-refractivity contribution in [3.63, 3.8) is 0 Å². The molecule has 0 saturated heterocycles. The number of methoxy groups -OCH3 is 1. The van der Waals surface area contributed by atoms with Gasteiger partial charge in [-0.25, -0.2) is 0 Å². The molecule has 0 heterocycles. The van der Waals surface area contributed by atoms with Crippen LogP contribution in [-0.2, 0) is 10.5 Å². The standard InChI is InChI=1S/C15H21F3N2O2S/c1-20(8-7-19-14(21)15(16,17)18)9-10-23-11-12-3-5-13(22-2)6-4-12/h3-6H,7-11H2,1-2H3,(H,19,21). The highest BCUT2D eigenvalue weighted by atomic mass is 32.2. The van der Waals surface area contributed by atoms with Gasteiger partial charge in [-0.2, -0.15) is 24.9 Å². The van der Waals surface area contributed by atoms with Gasteiger partial charge in [0.1, 0.15) is 5.75 Å². The van der Waals surface area contributed by atoms with E-state index in [1.807, 2.05) is 41.5 Å². The lowest BCUT2D eigenvalue weighted by atomic mass is 10.2. The van der Waals surface area contributed by atoms with E-state index >= 15 is 0 Å². The van der Waals surface area contributed by atoms with E-state index in [4.69, 9.17) is 4.74 Å². The molecule has 1 amide bonds. The van der Waals surface area contributed by atoms with Crippen molar-refractivity contribution in [3.05, 3.63) is 29.8 Å². The first-order valence-electron chi connectivity index (χ1n) is 7.07. The molecule has 0 aliphatic heterocycles. The fourth-order valence-corrected chi connectivity index (χ4v) is 2.72. The minimum atomic E-state index is -4.81. The highest BCUT2D eigenvalue weighted by Gasteiger charge is 2.38. The molecular weight excluding hydrogens is 329 g/mol. The summed E-state index contributed by atoms with van der Waals surface area (Å²) in [5, 5.41) is 1.86. The highest BCUT2D eigenvalue weighted by Crippen LogP contribution is 2.16. The average molecular weight is 350 g/mol. The first-order valence-corrected chi connectivity index (χ1v) is 8.22. The third kappa shape index (κ3) is 8.13. The number of benzene rings is 1. The van der Waals surface area contributed by atoms with Crippen LogP contribution in [0.25, 0.3) is 0 Å². The Bertz CT molecular complexity index is 481. The molecule has 1 aromatic carbocycles. The summed E-state index contributed by atoms with van der Waals surface area (Å²) >= 11 is 1.74. The van der Waals surface area contributed by atoms with Gasteiger partial charge in [0.15, 0.2) is 0 Å². The Kier molecular flexibility index (Phi) is 8.25. The zero-order chi connectivity index (χ0) is 17.3. The Morgan fingerprint density at radius 3 is 2.48 bits per heavy atom. The van der Waals surface area contributed by atoms with Crippen LogP contribution in [0.1, 0.15) is 5.56 Å². The van der Waals surface area contributed by atoms with Gasteiger partial charge in [0, 0.05) is 31.1 Å². The van der Waals surface area contributed by atoms with Crippen LogP contribution < -0.4 is 10.1 Å². The van der Waals surface area contributed by atoms with Crippen molar-refractivity contribution < 1.29 is 22.7 Å². The van der Waals surface area contributed by atoms with Gasteiger partial charge in [0.25, 0.3) is 0 Å². The quantitative estimate of drug-likeness (QED) is 0.695. The third-order valence-corrected chi connectivity index (χ3v) is 4.09. The van der Waals surface area contributed by atoms with Crippen LogP contribution in [0, 0.1) is 0 Å². The summed E-state index contributed by atoms with van der Waals surface area (Å²) in [4.78, 5) is 12.5.